The van der Waals surface area contributed by atoms with E-state index in [0.29, 0.717) is 24.0 Å². The van der Waals surface area contributed by atoms with Crippen molar-refractivity contribution >= 4 is 29.9 Å². The Kier molecular flexibility index (Phi) is 9.48. The summed E-state index contributed by atoms with van der Waals surface area (Å²) in [6.07, 6.45) is 4.80. The summed E-state index contributed by atoms with van der Waals surface area (Å²) in [6.45, 7) is 1.35. The van der Waals surface area contributed by atoms with Crippen LogP contribution < -0.4 is 15.4 Å². The predicted octanol–water partition coefficient (Wildman–Crippen LogP) is 3.38. The van der Waals surface area contributed by atoms with Crippen LogP contribution in [0.1, 0.15) is 24.2 Å². The summed E-state index contributed by atoms with van der Waals surface area (Å²) in [5.41, 5.74) is 1.32. The minimum Gasteiger partial charge on any atom is -0.497 e. The molecule has 8 nitrogen and oxygen atoms in total. The van der Waals surface area contributed by atoms with Gasteiger partial charge in [-0.3, -0.25) is 10.1 Å². The van der Waals surface area contributed by atoms with Gasteiger partial charge in [-0.25, -0.2) is 4.98 Å². The number of aromatic amines is 1. The maximum absolute atomic E-state index is 5.29. The molecule has 2 aromatic heterocycles. The van der Waals surface area contributed by atoms with E-state index < -0.39 is 0 Å². The van der Waals surface area contributed by atoms with E-state index in [-0.39, 0.29) is 24.0 Å². The predicted molar refractivity (Wildman–Crippen MR) is 124 cm³/mol. The second-order valence-electron chi connectivity index (χ2n) is 6.24. The minimum absolute atomic E-state index is 0. The van der Waals surface area contributed by atoms with Crippen molar-refractivity contribution in [2.45, 2.75) is 25.8 Å². The fourth-order valence-corrected chi connectivity index (χ4v) is 2.73. The van der Waals surface area contributed by atoms with Crippen LogP contribution in [0.2, 0.25) is 0 Å². The van der Waals surface area contributed by atoms with Gasteiger partial charge < -0.3 is 19.8 Å². The molecule has 9 heteroatoms. The van der Waals surface area contributed by atoms with Crippen LogP contribution in [0.25, 0.3) is 11.6 Å². The third kappa shape index (κ3) is 7.08. The number of halogens is 1. The van der Waals surface area contributed by atoms with Crippen molar-refractivity contribution in [1.82, 2.24) is 25.8 Å². The molecule has 0 unspecified atom stereocenters. The molecule has 0 aliphatic carbocycles. The Morgan fingerprint density at radius 1 is 1.17 bits per heavy atom. The number of guanidine groups is 1. The molecule has 0 bridgehead atoms. The Morgan fingerprint density at radius 2 is 2.00 bits per heavy atom. The van der Waals surface area contributed by atoms with Gasteiger partial charge in [-0.1, -0.05) is 12.1 Å². The van der Waals surface area contributed by atoms with Gasteiger partial charge in [0.15, 0.2) is 11.7 Å². The van der Waals surface area contributed by atoms with E-state index in [9.17, 15) is 0 Å². The first-order valence-electron chi connectivity index (χ1n) is 9.31. The van der Waals surface area contributed by atoms with Crippen LogP contribution in [-0.4, -0.2) is 41.8 Å². The van der Waals surface area contributed by atoms with E-state index in [0.717, 1.165) is 37.5 Å². The van der Waals surface area contributed by atoms with Gasteiger partial charge in [0.1, 0.15) is 11.6 Å². The van der Waals surface area contributed by atoms with Crippen LogP contribution in [-0.2, 0) is 13.0 Å². The second kappa shape index (κ2) is 12.1. The van der Waals surface area contributed by atoms with Crippen LogP contribution in [0, 0.1) is 0 Å². The minimum atomic E-state index is 0. The first-order valence-corrected chi connectivity index (χ1v) is 9.31. The van der Waals surface area contributed by atoms with Crippen molar-refractivity contribution in [2.75, 3.05) is 20.7 Å². The van der Waals surface area contributed by atoms with E-state index in [1.807, 2.05) is 24.3 Å². The third-order valence-electron chi connectivity index (χ3n) is 4.26. The molecule has 0 fully saturated rings. The molecule has 29 heavy (non-hydrogen) atoms. The molecule has 3 aromatic rings. The number of benzene rings is 1. The molecule has 0 spiro atoms. The van der Waals surface area contributed by atoms with Gasteiger partial charge in [-0.05, 0) is 49.1 Å². The zero-order valence-corrected chi connectivity index (χ0v) is 19.0. The van der Waals surface area contributed by atoms with Crippen LogP contribution in [0.4, 0.5) is 0 Å². The van der Waals surface area contributed by atoms with Gasteiger partial charge in [0.25, 0.3) is 0 Å². The van der Waals surface area contributed by atoms with Crippen molar-refractivity contribution < 1.29 is 9.15 Å². The number of ether oxygens (including phenoxy) is 1. The maximum Gasteiger partial charge on any atom is 0.216 e. The Hall–Kier alpha value is -2.56. The van der Waals surface area contributed by atoms with Gasteiger partial charge >= 0.3 is 0 Å². The number of aliphatic imine (C=N–C) groups is 1. The molecule has 0 saturated heterocycles. The average Bonchev–Trinajstić information content (AvgIpc) is 3.42. The van der Waals surface area contributed by atoms with Crippen LogP contribution in [0.15, 0.2) is 52.1 Å². The Morgan fingerprint density at radius 3 is 2.69 bits per heavy atom. The lowest BCUT2D eigenvalue weighted by atomic mass is 10.1. The van der Waals surface area contributed by atoms with E-state index in [1.54, 1.807) is 20.4 Å². The lowest BCUT2D eigenvalue weighted by Gasteiger charge is -2.10. The molecular weight excluding hydrogens is 483 g/mol. The number of rotatable bonds is 9. The fourth-order valence-electron chi connectivity index (χ4n) is 2.73. The SMILES string of the molecule is CN=C(NCCCCc1ccc(OC)cc1)NCc1nc(-c2ccco2)n[nH]1.I. The smallest absolute Gasteiger partial charge is 0.216 e. The highest BCUT2D eigenvalue weighted by Crippen LogP contribution is 2.14. The molecular formula is C20H27IN6O2. The quantitative estimate of drug-likeness (QED) is 0.177. The number of hydrogen-bond acceptors (Lipinski definition) is 5. The molecule has 0 saturated carbocycles. The number of hydrogen-bond donors (Lipinski definition) is 3. The van der Waals surface area contributed by atoms with E-state index >= 15 is 0 Å². The van der Waals surface area contributed by atoms with Gasteiger partial charge in [-0.15, -0.1) is 29.1 Å². The van der Waals surface area contributed by atoms with Crippen molar-refractivity contribution in [2.24, 2.45) is 4.99 Å². The summed E-state index contributed by atoms with van der Waals surface area (Å²) >= 11 is 0. The summed E-state index contributed by atoms with van der Waals surface area (Å²) in [6, 6.07) is 11.9. The Balaban J connectivity index is 0.00000300. The van der Waals surface area contributed by atoms with Crippen molar-refractivity contribution in [1.29, 1.82) is 0 Å². The lowest BCUT2D eigenvalue weighted by Crippen LogP contribution is -2.37. The molecule has 1 aromatic carbocycles. The normalized spacial score (nSPS) is 11.0. The van der Waals surface area contributed by atoms with E-state index in [1.165, 1.54) is 5.56 Å². The molecule has 156 valence electrons. The van der Waals surface area contributed by atoms with E-state index in [4.69, 9.17) is 9.15 Å². The van der Waals surface area contributed by atoms with Crippen LogP contribution in [0.5, 0.6) is 5.75 Å². The Labute approximate surface area is 187 Å². The van der Waals surface area contributed by atoms with Crippen LogP contribution >= 0.6 is 24.0 Å². The highest BCUT2D eigenvalue weighted by molar-refractivity contribution is 14.0. The summed E-state index contributed by atoms with van der Waals surface area (Å²) in [7, 11) is 3.43. The zero-order valence-electron chi connectivity index (χ0n) is 16.6. The Bertz CT molecular complexity index is 861. The summed E-state index contributed by atoms with van der Waals surface area (Å²) in [5, 5.41) is 13.6. The first kappa shape index (κ1) is 22.7. The molecule has 0 aliphatic rings. The van der Waals surface area contributed by atoms with Gasteiger partial charge in [0.05, 0.1) is 19.9 Å². The number of unbranched alkanes of at least 4 members (excludes halogenated alkanes) is 1. The number of methoxy groups -OCH3 is 1. The third-order valence-corrected chi connectivity index (χ3v) is 4.26. The highest BCUT2D eigenvalue weighted by Gasteiger charge is 2.08. The standard InChI is InChI=1S/C20H26N6O2.HI/c1-21-20(22-12-4-3-6-15-8-10-16(27-2)11-9-15)23-14-18-24-19(26-25-18)17-7-5-13-28-17;/h5,7-11,13H,3-4,6,12,14H2,1-2H3,(H2,21,22,23)(H,24,25,26);1H. The number of aromatic nitrogens is 3. The number of nitrogens with one attached hydrogen (secondary N) is 3. The number of aryl methyl sites for hydroxylation is 1. The fraction of sp³-hybridized carbons (Fsp3) is 0.350. The molecule has 0 amide bonds. The van der Waals surface area contributed by atoms with Crippen LogP contribution in [0.3, 0.4) is 0 Å². The van der Waals surface area contributed by atoms with Gasteiger partial charge in [0, 0.05) is 13.6 Å². The highest BCUT2D eigenvalue weighted by atomic mass is 127. The summed E-state index contributed by atoms with van der Waals surface area (Å²) < 4.78 is 10.5. The second-order valence-corrected chi connectivity index (χ2v) is 6.24. The molecule has 0 atom stereocenters. The maximum atomic E-state index is 5.29. The molecule has 2 heterocycles. The van der Waals surface area contributed by atoms with Gasteiger partial charge in [0.2, 0.25) is 5.82 Å². The number of nitrogens with zero attached hydrogens (tertiary/aromatic N) is 3. The van der Waals surface area contributed by atoms with Crippen molar-refractivity contribution in [3.63, 3.8) is 0 Å². The van der Waals surface area contributed by atoms with E-state index in [2.05, 4.69) is 42.9 Å². The molecule has 3 rings (SSSR count). The molecule has 0 radical (unpaired) electrons. The lowest BCUT2D eigenvalue weighted by molar-refractivity contribution is 0.414. The topological polar surface area (TPSA) is 100 Å². The average molecular weight is 510 g/mol. The first-order chi connectivity index (χ1) is 13.8. The zero-order chi connectivity index (χ0) is 19.6. The summed E-state index contributed by atoms with van der Waals surface area (Å²) in [4.78, 5) is 8.63. The number of furan rings is 1. The largest absolute Gasteiger partial charge is 0.497 e. The van der Waals surface area contributed by atoms with Gasteiger partial charge in [-0.2, -0.15) is 0 Å². The summed E-state index contributed by atoms with van der Waals surface area (Å²) in [5.74, 6) is 3.53. The van der Waals surface area contributed by atoms with Crippen molar-refractivity contribution in [3.8, 4) is 17.3 Å². The number of H-pyrrole nitrogens is 1. The van der Waals surface area contributed by atoms with Crippen molar-refractivity contribution in [3.05, 3.63) is 54.0 Å². The molecule has 0 aliphatic heterocycles. The monoisotopic (exact) mass is 510 g/mol. The molecule has 3 N–H and O–H groups in total.